The second-order valence-electron chi connectivity index (χ2n) is 7.38. The molecule has 0 fully saturated rings. The summed E-state index contributed by atoms with van der Waals surface area (Å²) in [6.45, 7) is 5.07. The Bertz CT molecular complexity index is 1180. The molecule has 1 amide bonds. The molecule has 3 rings (SSSR count). The van der Waals surface area contributed by atoms with Crippen molar-refractivity contribution in [3.8, 4) is 5.75 Å². The number of hydrogen-bond acceptors (Lipinski definition) is 4. The first-order valence-corrected chi connectivity index (χ1v) is 10.0. The van der Waals surface area contributed by atoms with Crippen LogP contribution in [0.5, 0.6) is 5.75 Å². The molecular weight excluding hydrogens is 420 g/mol. The number of carbonyl (C=O) groups excluding carboxylic acids is 2. The third-order valence-electron chi connectivity index (χ3n) is 5.20. The van der Waals surface area contributed by atoms with Crippen LogP contribution in [0.1, 0.15) is 34.1 Å². The van der Waals surface area contributed by atoms with Crippen molar-refractivity contribution in [3.63, 3.8) is 0 Å². The molecule has 0 bridgehead atoms. The molecule has 1 unspecified atom stereocenters. The van der Waals surface area contributed by atoms with Gasteiger partial charge in [0.05, 0.1) is 24.1 Å². The summed E-state index contributed by atoms with van der Waals surface area (Å²) in [4.78, 5) is 36.9. The Hall–Kier alpha value is -3.32. The second-order valence-corrected chi connectivity index (χ2v) is 7.79. The summed E-state index contributed by atoms with van der Waals surface area (Å²) < 4.78 is 6.83. The van der Waals surface area contributed by atoms with E-state index in [0.717, 1.165) is 5.56 Å². The van der Waals surface area contributed by atoms with E-state index in [2.05, 4.69) is 5.32 Å². The van der Waals surface area contributed by atoms with Crippen molar-refractivity contribution in [1.29, 1.82) is 0 Å². The number of nitrogens with zero attached hydrogens (tertiary/aromatic N) is 1. The third-order valence-corrected chi connectivity index (χ3v) is 5.49. The molecule has 1 aromatic heterocycles. The summed E-state index contributed by atoms with van der Waals surface area (Å²) in [6.07, 6.45) is -0.0983. The van der Waals surface area contributed by atoms with Gasteiger partial charge in [-0.05, 0) is 50.6 Å². The highest BCUT2D eigenvalue weighted by Gasteiger charge is 2.24. The second kappa shape index (κ2) is 8.81. The van der Waals surface area contributed by atoms with Gasteiger partial charge in [-0.1, -0.05) is 29.3 Å². The molecule has 31 heavy (non-hydrogen) atoms. The number of rotatable bonds is 6. The number of nitrogens with one attached hydrogen (secondary N) is 1. The van der Waals surface area contributed by atoms with Crippen molar-refractivity contribution in [2.45, 2.75) is 33.2 Å². The van der Waals surface area contributed by atoms with Crippen molar-refractivity contribution in [3.05, 3.63) is 63.8 Å². The molecule has 0 aliphatic rings. The molecule has 8 heteroatoms. The predicted octanol–water partition coefficient (Wildman–Crippen LogP) is 3.74. The van der Waals surface area contributed by atoms with Gasteiger partial charge in [0.2, 0.25) is 5.91 Å². The quantitative estimate of drug-likeness (QED) is 0.606. The standard InChI is InChI=1S/C23H23ClN2O5/c1-12-5-7-15(8-6-12)22(28)26-14(3)16(10-21(27)25-13(2)23(29)30)17-9-20(31-4)18(24)11-19(17)26/h5-9,11,13H,10H2,1-4H3,(H,25,27)(H,29,30). The summed E-state index contributed by atoms with van der Waals surface area (Å²) in [5, 5.41) is 12.5. The molecule has 0 spiro atoms. The number of benzene rings is 2. The fourth-order valence-electron chi connectivity index (χ4n) is 3.46. The minimum atomic E-state index is -1.13. The summed E-state index contributed by atoms with van der Waals surface area (Å²) in [5.41, 5.74) is 3.24. The molecule has 2 aromatic carbocycles. The topological polar surface area (TPSA) is 97.6 Å². The van der Waals surface area contributed by atoms with Gasteiger partial charge in [0.15, 0.2) is 0 Å². The Labute approximate surface area is 184 Å². The highest BCUT2D eigenvalue weighted by molar-refractivity contribution is 6.33. The van der Waals surface area contributed by atoms with Crippen LogP contribution in [-0.2, 0) is 16.0 Å². The van der Waals surface area contributed by atoms with Crippen LogP contribution in [0.15, 0.2) is 36.4 Å². The average Bonchev–Trinajstić information content (AvgIpc) is 2.97. The van der Waals surface area contributed by atoms with Gasteiger partial charge in [-0.15, -0.1) is 0 Å². The molecule has 0 radical (unpaired) electrons. The molecule has 1 heterocycles. The number of ether oxygens (including phenoxy) is 1. The van der Waals surface area contributed by atoms with Gasteiger partial charge < -0.3 is 15.2 Å². The minimum absolute atomic E-state index is 0.0983. The lowest BCUT2D eigenvalue weighted by Gasteiger charge is -2.10. The largest absolute Gasteiger partial charge is 0.495 e. The summed E-state index contributed by atoms with van der Waals surface area (Å²) >= 11 is 6.32. The molecular formula is C23H23ClN2O5. The fraction of sp³-hybridized carbons (Fsp3) is 0.261. The zero-order valence-corrected chi connectivity index (χ0v) is 18.4. The highest BCUT2D eigenvalue weighted by atomic mass is 35.5. The van der Waals surface area contributed by atoms with E-state index in [4.69, 9.17) is 21.4 Å². The van der Waals surface area contributed by atoms with E-state index in [1.807, 2.05) is 19.1 Å². The fourth-order valence-corrected chi connectivity index (χ4v) is 3.70. The lowest BCUT2D eigenvalue weighted by molar-refractivity contribution is -0.141. The normalized spacial score (nSPS) is 11.9. The maximum atomic E-state index is 13.3. The lowest BCUT2D eigenvalue weighted by atomic mass is 10.1. The van der Waals surface area contributed by atoms with Crippen LogP contribution in [-0.4, -0.2) is 40.6 Å². The van der Waals surface area contributed by atoms with Crippen LogP contribution in [0.2, 0.25) is 5.02 Å². The van der Waals surface area contributed by atoms with Crippen molar-refractivity contribution < 1.29 is 24.2 Å². The Kier molecular flexibility index (Phi) is 6.36. The van der Waals surface area contributed by atoms with Crippen LogP contribution >= 0.6 is 11.6 Å². The molecule has 0 aliphatic carbocycles. The van der Waals surface area contributed by atoms with Crippen LogP contribution in [0.3, 0.4) is 0 Å². The molecule has 0 aliphatic heterocycles. The van der Waals surface area contributed by atoms with Crippen molar-refractivity contribution in [1.82, 2.24) is 9.88 Å². The minimum Gasteiger partial charge on any atom is -0.495 e. The zero-order valence-electron chi connectivity index (χ0n) is 17.7. The summed E-state index contributed by atoms with van der Waals surface area (Å²) in [6, 6.07) is 9.49. The molecule has 3 aromatic rings. The van der Waals surface area contributed by atoms with E-state index < -0.39 is 17.9 Å². The predicted molar refractivity (Wildman–Crippen MR) is 118 cm³/mol. The zero-order chi connectivity index (χ0) is 22.9. The van der Waals surface area contributed by atoms with E-state index in [1.165, 1.54) is 18.6 Å². The van der Waals surface area contributed by atoms with Crippen LogP contribution in [0, 0.1) is 13.8 Å². The first-order chi connectivity index (χ1) is 14.6. The maximum Gasteiger partial charge on any atom is 0.325 e. The monoisotopic (exact) mass is 442 g/mol. The van der Waals surface area contributed by atoms with Gasteiger partial charge in [-0.3, -0.25) is 19.0 Å². The van der Waals surface area contributed by atoms with Gasteiger partial charge in [0.1, 0.15) is 11.8 Å². The Balaban J connectivity index is 2.14. The maximum absolute atomic E-state index is 13.3. The van der Waals surface area contributed by atoms with E-state index in [1.54, 1.807) is 31.2 Å². The summed E-state index contributed by atoms with van der Waals surface area (Å²) in [7, 11) is 1.48. The van der Waals surface area contributed by atoms with Crippen LogP contribution < -0.4 is 10.1 Å². The van der Waals surface area contributed by atoms with Crippen molar-refractivity contribution in [2.24, 2.45) is 0 Å². The lowest BCUT2D eigenvalue weighted by Crippen LogP contribution is -2.39. The van der Waals surface area contributed by atoms with Gasteiger partial charge in [-0.25, -0.2) is 0 Å². The first-order valence-electron chi connectivity index (χ1n) is 9.65. The highest BCUT2D eigenvalue weighted by Crippen LogP contribution is 2.35. The van der Waals surface area contributed by atoms with E-state index in [0.29, 0.717) is 38.5 Å². The molecule has 2 N–H and O–H groups in total. The van der Waals surface area contributed by atoms with Gasteiger partial charge in [0.25, 0.3) is 5.91 Å². The van der Waals surface area contributed by atoms with Crippen molar-refractivity contribution in [2.75, 3.05) is 7.11 Å². The third kappa shape index (κ3) is 4.41. The average molecular weight is 443 g/mol. The smallest absolute Gasteiger partial charge is 0.325 e. The van der Waals surface area contributed by atoms with Crippen LogP contribution in [0.4, 0.5) is 0 Å². The SMILES string of the molecule is COc1cc2c(CC(=O)NC(C)C(=O)O)c(C)n(C(=O)c3ccc(C)cc3)c2cc1Cl. The van der Waals surface area contributed by atoms with Gasteiger partial charge in [-0.2, -0.15) is 0 Å². The number of halogens is 1. The number of aliphatic carboxylic acids is 1. The molecule has 0 saturated carbocycles. The first kappa shape index (κ1) is 22.4. The Morgan fingerprint density at radius 2 is 1.81 bits per heavy atom. The van der Waals surface area contributed by atoms with Crippen LogP contribution in [0.25, 0.3) is 10.9 Å². The number of methoxy groups -OCH3 is 1. The number of carboxylic acid groups (broad SMARTS) is 1. The van der Waals surface area contributed by atoms with E-state index >= 15 is 0 Å². The number of fused-ring (bicyclic) bond motifs is 1. The Morgan fingerprint density at radius 3 is 2.39 bits per heavy atom. The number of hydrogen-bond donors (Lipinski definition) is 2. The van der Waals surface area contributed by atoms with E-state index in [9.17, 15) is 14.4 Å². The molecule has 0 saturated heterocycles. The Morgan fingerprint density at radius 1 is 1.16 bits per heavy atom. The molecule has 7 nitrogen and oxygen atoms in total. The number of aryl methyl sites for hydroxylation is 1. The number of carbonyl (C=O) groups is 3. The molecule has 162 valence electrons. The van der Waals surface area contributed by atoms with Gasteiger partial charge >= 0.3 is 5.97 Å². The molecule has 1 atom stereocenters. The van der Waals surface area contributed by atoms with Gasteiger partial charge in [0, 0.05) is 16.6 Å². The van der Waals surface area contributed by atoms with E-state index in [-0.39, 0.29) is 12.3 Å². The van der Waals surface area contributed by atoms with Crippen molar-refractivity contribution >= 4 is 40.3 Å². The number of amides is 1. The number of carboxylic acids is 1. The summed E-state index contributed by atoms with van der Waals surface area (Å²) in [5.74, 6) is -1.44. The number of aromatic nitrogens is 1.